The van der Waals surface area contributed by atoms with E-state index in [1.54, 1.807) is 0 Å². The molecular weight excluding hydrogens is 124 g/mol. The first-order valence-corrected chi connectivity index (χ1v) is 4.03. The van der Waals surface area contributed by atoms with Crippen molar-refractivity contribution in [2.75, 3.05) is 0 Å². The van der Waals surface area contributed by atoms with Gasteiger partial charge in [-0.15, -0.1) is 0 Å². The summed E-state index contributed by atoms with van der Waals surface area (Å²) in [5.41, 5.74) is 10.8. The van der Waals surface area contributed by atoms with Gasteiger partial charge in [-0.2, -0.15) is 0 Å². The average Bonchev–Trinajstić information content (AvgIpc) is 1.59. The average molecular weight is 144 g/mol. The Hall–Kier alpha value is -0.0800. The van der Waals surface area contributed by atoms with Crippen LogP contribution in [-0.2, 0) is 0 Å². The Morgan fingerprint density at radius 3 is 2.20 bits per heavy atom. The molecule has 0 spiro atoms. The van der Waals surface area contributed by atoms with E-state index in [0.717, 1.165) is 6.42 Å². The molecule has 0 aliphatic carbocycles. The van der Waals surface area contributed by atoms with E-state index >= 15 is 0 Å². The molecule has 1 unspecified atom stereocenters. The van der Waals surface area contributed by atoms with Crippen LogP contribution >= 0.6 is 0 Å². The van der Waals surface area contributed by atoms with Crippen LogP contribution in [0.15, 0.2) is 0 Å². The lowest BCUT2D eigenvalue weighted by atomic mass is 9.95. The van der Waals surface area contributed by atoms with Crippen LogP contribution in [0.25, 0.3) is 0 Å². The van der Waals surface area contributed by atoms with Crippen LogP contribution in [0.3, 0.4) is 0 Å². The molecule has 0 amide bonds. The van der Waals surface area contributed by atoms with Gasteiger partial charge in [-0.25, -0.2) is 0 Å². The fourth-order valence-electron chi connectivity index (χ4n) is 1.35. The molecule has 0 aromatic carbocycles. The van der Waals surface area contributed by atoms with Crippen LogP contribution < -0.4 is 11.5 Å². The number of rotatable bonds is 4. The normalized spacial score (nSPS) is 15.3. The van der Waals surface area contributed by atoms with Gasteiger partial charge in [-0.1, -0.05) is 26.7 Å². The highest BCUT2D eigenvalue weighted by Crippen LogP contribution is 2.14. The van der Waals surface area contributed by atoms with E-state index in [2.05, 4.69) is 13.8 Å². The van der Waals surface area contributed by atoms with Crippen molar-refractivity contribution in [1.29, 1.82) is 0 Å². The van der Waals surface area contributed by atoms with E-state index in [9.17, 15) is 0 Å². The van der Waals surface area contributed by atoms with Gasteiger partial charge in [0.25, 0.3) is 0 Å². The van der Waals surface area contributed by atoms with Crippen LogP contribution in [0.4, 0.5) is 0 Å². The van der Waals surface area contributed by atoms with Crippen molar-refractivity contribution in [1.82, 2.24) is 0 Å². The first-order chi connectivity index (χ1) is 4.45. The fourth-order valence-corrected chi connectivity index (χ4v) is 1.35. The van der Waals surface area contributed by atoms with Crippen molar-refractivity contribution >= 4 is 0 Å². The second-order valence-electron chi connectivity index (χ2n) is 3.60. The summed E-state index contributed by atoms with van der Waals surface area (Å²) in [6.45, 7) is 6.25. The predicted octanol–water partition coefficient (Wildman–Crippen LogP) is 1.45. The monoisotopic (exact) mass is 144 g/mol. The van der Waals surface area contributed by atoms with Crippen molar-refractivity contribution in [2.24, 2.45) is 17.4 Å². The zero-order chi connectivity index (χ0) is 8.20. The summed E-state index contributed by atoms with van der Waals surface area (Å²) >= 11 is 0. The van der Waals surface area contributed by atoms with E-state index in [0.29, 0.717) is 5.92 Å². The number of nitrogens with two attached hydrogens (primary N) is 2. The summed E-state index contributed by atoms with van der Waals surface area (Å²) in [5.74, 6) is 0.657. The van der Waals surface area contributed by atoms with Crippen LogP contribution in [0.2, 0.25) is 0 Å². The third-order valence-corrected chi connectivity index (χ3v) is 1.57. The molecule has 4 N–H and O–H groups in total. The van der Waals surface area contributed by atoms with Gasteiger partial charge in [0, 0.05) is 0 Å². The van der Waals surface area contributed by atoms with E-state index in [1.807, 2.05) is 6.92 Å². The third-order valence-electron chi connectivity index (χ3n) is 1.57. The van der Waals surface area contributed by atoms with Crippen LogP contribution in [-0.4, -0.2) is 5.66 Å². The second kappa shape index (κ2) is 3.94. The van der Waals surface area contributed by atoms with Crippen LogP contribution in [0.5, 0.6) is 0 Å². The van der Waals surface area contributed by atoms with Gasteiger partial charge in [-0.05, 0) is 19.3 Å². The maximum atomic E-state index is 5.64. The molecule has 0 saturated carbocycles. The van der Waals surface area contributed by atoms with Gasteiger partial charge in [0.2, 0.25) is 0 Å². The highest BCUT2D eigenvalue weighted by Gasteiger charge is 2.14. The SMILES string of the molecule is CCCC(C)CC(C)(N)N. The minimum Gasteiger partial charge on any atom is -0.314 e. The van der Waals surface area contributed by atoms with Crippen molar-refractivity contribution in [3.63, 3.8) is 0 Å². The Balaban J connectivity index is 3.47. The molecule has 0 bridgehead atoms. The molecule has 0 aliphatic heterocycles. The van der Waals surface area contributed by atoms with E-state index < -0.39 is 5.66 Å². The Morgan fingerprint density at radius 2 is 1.90 bits per heavy atom. The highest BCUT2D eigenvalue weighted by atomic mass is 14.9. The molecule has 0 rings (SSSR count). The van der Waals surface area contributed by atoms with E-state index in [-0.39, 0.29) is 0 Å². The molecule has 0 saturated heterocycles. The lowest BCUT2D eigenvalue weighted by Crippen LogP contribution is -2.47. The molecule has 2 heteroatoms. The summed E-state index contributed by atoms with van der Waals surface area (Å²) in [7, 11) is 0. The molecule has 10 heavy (non-hydrogen) atoms. The zero-order valence-corrected chi connectivity index (χ0v) is 7.35. The standard InChI is InChI=1S/C8H20N2/c1-4-5-7(2)6-8(3,9)10/h7H,4-6,9-10H2,1-3H3. The Kier molecular flexibility index (Phi) is 3.91. The topological polar surface area (TPSA) is 52.0 Å². The summed E-state index contributed by atoms with van der Waals surface area (Å²) in [6.07, 6.45) is 3.36. The van der Waals surface area contributed by atoms with E-state index in [4.69, 9.17) is 11.5 Å². The van der Waals surface area contributed by atoms with Gasteiger partial charge in [-0.3, -0.25) is 0 Å². The second-order valence-corrected chi connectivity index (χ2v) is 3.60. The molecular formula is C8H20N2. The number of hydrogen-bond donors (Lipinski definition) is 2. The smallest absolute Gasteiger partial charge is 0.0610 e. The molecule has 0 radical (unpaired) electrons. The molecule has 1 atom stereocenters. The molecule has 0 aromatic rings. The largest absolute Gasteiger partial charge is 0.314 e. The van der Waals surface area contributed by atoms with Crippen LogP contribution in [0, 0.1) is 5.92 Å². The molecule has 2 nitrogen and oxygen atoms in total. The summed E-state index contributed by atoms with van der Waals surface area (Å²) in [4.78, 5) is 0. The Morgan fingerprint density at radius 1 is 1.40 bits per heavy atom. The van der Waals surface area contributed by atoms with Crippen molar-refractivity contribution < 1.29 is 0 Å². The fraction of sp³-hybridized carbons (Fsp3) is 1.00. The Labute approximate surface area is 64.0 Å². The quantitative estimate of drug-likeness (QED) is 0.587. The summed E-state index contributed by atoms with van der Waals surface area (Å²) in [5, 5.41) is 0. The highest BCUT2D eigenvalue weighted by molar-refractivity contribution is 4.72. The maximum absolute atomic E-state index is 5.64. The lowest BCUT2D eigenvalue weighted by molar-refractivity contribution is 0.348. The predicted molar refractivity (Wildman–Crippen MR) is 45.5 cm³/mol. The van der Waals surface area contributed by atoms with Crippen molar-refractivity contribution in [3.8, 4) is 0 Å². The third kappa shape index (κ3) is 6.05. The van der Waals surface area contributed by atoms with Gasteiger partial charge < -0.3 is 11.5 Å². The summed E-state index contributed by atoms with van der Waals surface area (Å²) in [6, 6.07) is 0. The lowest BCUT2D eigenvalue weighted by Gasteiger charge is -2.22. The first-order valence-electron chi connectivity index (χ1n) is 4.03. The molecule has 0 aliphatic rings. The van der Waals surface area contributed by atoms with Gasteiger partial charge in [0.05, 0.1) is 5.66 Å². The van der Waals surface area contributed by atoms with Gasteiger partial charge in [0.1, 0.15) is 0 Å². The van der Waals surface area contributed by atoms with Gasteiger partial charge in [0.15, 0.2) is 0 Å². The zero-order valence-electron chi connectivity index (χ0n) is 7.35. The minimum atomic E-state index is -0.478. The van der Waals surface area contributed by atoms with Crippen molar-refractivity contribution in [2.45, 2.75) is 45.7 Å². The van der Waals surface area contributed by atoms with Crippen molar-refractivity contribution in [3.05, 3.63) is 0 Å². The Bertz CT molecular complexity index is 83.7. The molecule has 62 valence electrons. The molecule has 0 aromatic heterocycles. The molecule has 0 heterocycles. The number of hydrogen-bond acceptors (Lipinski definition) is 2. The van der Waals surface area contributed by atoms with Gasteiger partial charge >= 0.3 is 0 Å². The van der Waals surface area contributed by atoms with Crippen LogP contribution in [0.1, 0.15) is 40.0 Å². The first kappa shape index (κ1) is 9.92. The minimum absolute atomic E-state index is 0.478. The molecule has 0 fully saturated rings. The summed E-state index contributed by atoms with van der Waals surface area (Å²) < 4.78 is 0. The maximum Gasteiger partial charge on any atom is 0.0610 e. The van der Waals surface area contributed by atoms with E-state index in [1.165, 1.54) is 12.8 Å².